The van der Waals surface area contributed by atoms with Crippen LogP contribution in [0.1, 0.15) is 57.1 Å². The number of aromatic nitrogens is 1. The van der Waals surface area contributed by atoms with Crippen molar-refractivity contribution in [1.82, 2.24) is 4.98 Å². The molecule has 1 aromatic carbocycles. The number of aliphatic hydroxyl groups is 2. The minimum atomic E-state index is -0.801. The average molecular weight is 345 g/mol. The lowest BCUT2D eigenvalue weighted by atomic mass is 9.86. The van der Waals surface area contributed by atoms with Crippen molar-refractivity contribution < 1.29 is 20.1 Å². The number of aliphatic hydroxyl groups excluding tert-OH is 2. The Kier molecular flexibility index (Phi) is 5.40. The van der Waals surface area contributed by atoms with Crippen LogP contribution in [-0.4, -0.2) is 20.3 Å². The van der Waals surface area contributed by atoms with Crippen LogP contribution in [0.15, 0.2) is 30.3 Å². The van der Waals surface area contributed by atoms with Crippen molar-refractivity contribution in [3.63, 3.8) is 0 Å². The Bertz CT molecular complexity index is 748. The summed E-state index contributed by atoms with van der Waals surface area (Å²) in [4.78, 5) is 4.28. The summed E-state index contributed by atoms with van der Waals surface area (Å²) in [6.07, 6.45) is 0. The first kappa shape index (κ1) is 19.2. The largest absolute Gasteiger partial charge is 0.506 e. The van der Waals surface area contributed by atoms with Gasteiger partial charge < -0.3 is 20.1 Å². The van der Waals surface area contributed by atoms with Gasteiger partial charge >= 0.3 is 0 Å². The molecule has 2 aromatic rings. The molecule has 0 aliphatic rings. The van der Waals surface area contributed by atoms with Gasteiger partial charge in [0.15, 0.2) is 0 Å². The molecule has 0 aliphatic heterocycles. The van der Waals surface area contributed by atoms with Crippen molar-refractivity contribution >= 4 is 0 Å². The van der Waals surface area contributed by atoms with Crippen LogP contribution in [0.5, 0.6) is 11.5 Å². The summed E-state index contributed by atoms with van der Waals surface area (Å²) in [5.74, 6) is 0.536. The highest BCUT2D eigenvalue weighted by Crippen LogP contribution is 2.33. The van der Waals surface area contributed by atoms with Crippen LogP contribution < -0.4 is 4.74 Å². The van der Waals surface area contributed by atoms with E-state index in [4.69, 9.17) is 4.74 Å². The number of hydrogen-bond acceptors (Lipinski definition) is 5. The minimum Gasteiger partial charge on any atom is -0.506 e. The maximum absolute atomic E-state index is 9.73. The number of nitrogens with zero attached hydrogens (tertiary/aromatic N) is 1. The van der Waals surface area contributed by atoms with Gasteiger partial charge in [0.05, 0.1) is 18.9 Å². The summed E-state index contributed by atoms with van der Waals surface area (Å²) in [6.45, 7) is 9.58. The Balaban J connectivity index is 2.37. The van der Waals surface area contributed by atoms with Gasteiger partial charge in [0.1, 0.15) is 22.8 Å². The van der Waals surface area contributed by atoms with Crippen LogP contribution in [0.3, 0.4) is 0 Å². The zero-order valence-corrected chi connectivity index (χ0v) is 15.5. The molecule has 0 bridgehead atoms. The molecule has 5 nitrogen and oxygen atoms in total. The number of benzene rings is 1. The van der Waals surface area contributed by atoms with Crippen molar-refractivity contribution in [2.75, 3.05) is 0 Å². The number of aromatic hydroxyl groups is 1. The lowest BCUT2D eigenvalue weighted by molar-refractivity contribution is 0.0990. The van der Waals surface area contributed by atoms with Gasteiger partial charge in [0.25, 0.3) is 0 Å². The molecule has 0 radical (unpaired) electrons. The number of rotatable bonds is 5. The first-order valence-corrected chi connectivity index (χ1v) is 8.32. The third kappa shape index (κ3) is 4.30. The Morgan fingerprint density at radius 2 is 1.64 bits per heavy atom. The summed E-state index contributed by atoms with van der Waals surface area (Å²) in [5, 5.41) is 28.7. The topological polar surface area (TPSA) is 82.8 Å². The standard InChI is InChI=1S/C20H27NO4/c1-19(2,3)14-6-8-17(13(10-14)11-22)25-20(4,5)18-9-7-16(24)15(12-23)21-18/h6-10,22-24H,11-12H2,1-5H3. The van der Waals surface area contributed by atoms with Crippen molar-refractivity contribution in [3.05, 3.63) is 52.8 Å². The maximum atomic E-state index is 9.73. The van der Waals surface area contributed by atoms with Crippen LogP contribution in [0.2, 0.25) is 0 Å². The second-order valence-electron chi connectivity index (χ2n) is 7.66. The first-order chi connectivity index (χ1) is 11.6. The summed E-state index contributed by atoms with van der Waals surface area (Å²) >= 11 is 0. The second-order valence-corrected chi connectivity index (χ2v) is 7.66. The summed E-state index contributed by atoms with van der Waals surface area (Å²) in [5.41, 5.74) is 1.79. The van der Waals surface area contributed by atoms with E-state index < -0.39 is 5.60 Å². The van der Waals surface area contributed by atoms with E-state index in [1.165, 1.54) is 6.07 Å². The zero-order chi connectivity index (χ0) is 18.8. The number of ether oxygens (including phenoxy) is 1. The lowest BCUT2D eigenvalue weighted by Crippen LogP contribution is -2.27. The van der Waals surface area contributed by atoms with Crippen molar-refractivity contribution in [1.29, 1.82) is 0 Å². The van der Waals surface area contributed by atoms with Crippen LogP contribution in [0, 0.1) is 0 Å². The normalized spacial score (nSPS) is 12.3. The molecule has 0 atom stereocenters. The highest BCUT2D eigenvalue weighted by atomic mass is 16.5. The Labute approximate surface area is 148 Å². The first-order valence-electron chi connectivity index (χ1n) is 8.32. The molecule has 0 amide bonds. The van der Waals surface area contributed by atoms with E-state index in [0.717, 1.165) is 5.56 Å². The lowest BCUT2D eigenvalue weighted by Gasteiger charge is -2.28. The quantitative estimate of drug-likeness (QED) is 0.774. The molecule has 136 valence electrons. The SMILES string of the molecule is CC(C)(C)c1ccc(OC(C)(C)c2ccc(O)c(CO)n2)c(CO)c1. The van der Waals surface area contributed by atoms with E-state index in [-0.39, 0.29) is 30.1 Å². The molecule has 2 rings (SSSR count). The van der Waals surface area contributed by atoms with Crippen LogP contribution in [-0.2, 0) is 24.2 Å². The third-order valence-electron chi connectivity index (χ3n) is 4.18. The van der Waals surface area contributed by atoms with E-state index in [2.05, 4.69) is 25.8 Å². The van der Waals surface area contributed by atoms with Gasteiger partial charge in [-0.05, 0) is 49.1 Å². The Morgan fingerprint density at radius 1 is 0.960 bits per heavy atom. The molecule has 0 aliphatic carbocycles. The van der Waals surface area contributed by atoms with Crippen LogP contribution in [0.4, 0.5) is 0 Å². The molecule has 0 spiro atoms. The summed E-state index contributed by atoms with van der Waals surface area (Å²) in [6, 6.07) is 8.97. The highest BCUT2D eigenvalue weighted by molar-refractivity contribution is 5.40. The van der Waals surface area contributed by atoms with E-state index in [0.29, 0.717) is 17.0 Å². The van der Waals surface area contributed by atoms with Crippen LogP contribution in [0.25, 0.3) is 0 Å². The fourth-order valence-electron chi connectivity index (χ4n) is 2.54. The molecule has 5 heteroatoms. The van der Waals surface area contributed by atoms with E-state index in [1.807, 2.05) is 32.0 Å². The van der Waals surface area contributed by atoms with Gasteiger partial charge in [-0.2, -0.15) is 0 Å². The van der Waals surface area contributed by atoms with Crippen molar-refractivity contribution in [3.8, 4) is 11.5 Å². The molecule has 1 heterocycles. The average Bonchev–Trinajstić information content (AvgIpc) is 2.54. The van der Waals surface area contributed by atoms with Crippen LogP contribution >= 0.6 is 0 Å². The van der Waals surface area contributed by atoms with E-state index in [9.17, 15) is 15.3 Å². The van der Waals surface area contributed by atoms with Crippen molar-refractivity contribution in [2.24, 2.45) is 0 Å². The Hall–Kier alpha value is -2.11. The predicted molar refractivity (Wildman–Crippen MR) is 96.5 cm³/mol. The minimum absolute atomic E-state index is 0.0213. The molecular weight excluding hydrogens is 318 g/mol. The van der Waals surface area contributed by atoms with Gasteiger partial charge in [-0.15, -0.1) is 0 Å². The fourth-order valence-corrected chi connectivity index (χ4v) is 2.54. The van der Waals surface area contributed by atoms with Gasteiger partial charge in [0, 0.05) is 5.56 Å². The second kappa shape index (κ2) is 7.02. The zero-order valence-electron chi connectivity index (χ0n) is 15.5. The smallest absolute Gasteiger partial charge is 0.145 e. The highest BCUT2D eigenvalue weighted by Gasteiger charge is 2.27. The molecule has 1 aromatic heterocycles. The van der Waals surface area contributed by atoms with Gasteiger partial charge in [0.2, 0.25) is 0 Å². The molecule has 25 heavy (non-hydrogen) atoms. The fraction of sp³-hybridized carbons (Fsp3) is 0.450. The number of pyridine rings is 1. The molecule has 0 saturated heterocycles. The van der Waals surface area contributed by atoms with Crippen molar-refractivity contribution in [2.45, 2.75) is 58.8 Å². The number of hydrogen-bond donors (Lipinski definition) is 3. The van der Waals surface area contributed by atoms with Gasteiger partial charge in [-0.25, -0.2) is 4.98 Å². The maximum Gasteiger partial charge on any atom is 0.145 e. The molecule has 3 N–H and O–H groups in total. The molecule has 0 fully saturated rings. The molecular formula is C20H27NO4. The monoisotopic (exact) mass is 345 g/mol. The predicted octanol–water partition coefficient (Wildman–Crippen LogP) is 3.38. The van der Waals surface area contributed by atoms with Gasteiger partial charge in [-0.1, -0.05) is 26.8 Å². The van der Waals surface area contributed by atoms with Gasteiger partial charge in [-0.3, -0.25) is 0 Å². The summed E-state index contributed by atoms with van der Waals surface area (Å²) in [7, 11) is 0. The van der Waals surface area contributed by atoms with E-state index in [1.54, 1.807) is 6.07 Å². The van der Waals surface area contributed by atoms with E-state index >= 15 is 0 Å². The third-order valence-corrected chi connectivity index (χ3v) is 4.18. The molecule has 0 saturated carbocycles. The summed E-state index contributed by atoms with van der Waals surface area (Å²) < 4.78 is 6.13. The molecule has 0 unspecified atom stereocenters. The Morgan fingerprint density at radius 3 is 2.20 bits per heavy atom.